The predicted octanol–water partition coefficient (Wildman–Crippen LogP) is 3.02. The number of alkyl halides is 3. The molecule has 1 N–H and O–H groups in total. The fourth-order valence-corrected chi connectivity index (χ4v) is 2.54. The highest BCUT2D eigenvalue weighted by atomic mass is 19.4. The van der Waals surface area contributed by atoms with Crippen LogP contribution in [-0.2, 0) is 6.54 Å². The highest BCUT2D eigenvalue weighted by Gasteiger charge is 2.47. The summed E-state index contributed by atoms with van der Waals surface area (Å²) in [5.41, 5.74) is 0. The van der Waals surface area contributed by atoms with Gasteiger partial charge in [0.2, 0.25) is 11.8 Å². The molecule has 7 heteroatoms. The summed E-state index contributed by atoms with van der Waals surface area (Å²) < 4.78 is 44.3. The van der Waals surface area contributed by atoms with Gasteiger partial charge >= 0.3 is 6.18 Å². The van der Waals surface area contributed by atoms with E-state index in [1.165, 1.54) is 0 Å². The summed E-state index contributed by atoms with van der Waals surface area (Å²) in [6, 6.07) is 0. The molecule has 0 spiro atoms. The second-order valence-corrected chi connectivity index (χ2v) is 4.85. The molecule has 1 saturated carbocycles. The lowest BCUT2D eigenvalue weighted by Crippen LogP contribution is -2.31. The first-order valence-electron chi connectivity index (χ1n) is 6.62. The molecular formula is C12H18F3N3O. The first-order chi connectivity index (χ1) is 9.02. The monoisotopic (exact) mass is 277 g/mol. The predicted molar refractivity (Wildman–Crippen MR) is 62.4 cm³/mol. The minimum Gasteiger partial charge on any atom is -0.424 e. The normalized spacial score (nSPS) is 24.6. The second kappa shape index (κ2) is 5.90. The molecule has 0 saturated heterocycles. The molecule has 1 aromatic heterocycles. The molecule has 1 aromatic rings. The van der Waals surface area contributed by atoms with Gasteiger partial charge in [-0.25, -0.2) is 0 Å². The smallest absolute Gasteiger partial charge is 0.392 e. The molecule has 1 fully saturated rings. The van der Waals surface area contributed by atoms with Crippen molar-refractivity contribution in [2.75, 3.05) is 6.54 Å². The van der Waals surface area contributed by atoms with Crippen LogP contribution in [0.1, 0.15) is 50.3 Å². The Morgan fingerprint density at radius 1 is 1.26 bits per heavy atom. The number of rotatable bonds is 4. The number of hydrogen-bond acceptors (Lipinski definition) is 4. The van der Waals surface area contributed by atoms with E-state index in [0.717, 1.165) is 13.0 Å². The quantitative estimate of drug-likeness (QED) is 0.919. The Balaban J connectivity index is 2.11. The standard InChI is InChI=1S/C12H18F3N3O/c1-2-16-7-10-17-18-11(19-10)8-5-3-4-6-9(8)12(13,14)15/h8-9,16H,2-7H2,1H3. The maximum absolute atomic E-state index is 13.0. The summed E-state index contributed by atoms with van der Waals surface area (Å²) in [6.45, 7) is 3.07. The SMILES string of the molecule is CCNCc1nnc(C2CCCCC2C(F)(F)F)o1. The van der Waals surface area contributed by atoms with Gasteiger partial charge in [0.15, 0.2) is 0 Å². The number of nitrogens with zero attached hydrogens (tertiary/aromatic N) is 2. The Kier molecular flexibility index (Phi) is 4.44. The molecule has 0 bridgehead atoms. The maximum atomic E-state index is 13.0. The van der Waals surface area contributed by atoms with E-state index >= 15 is 0 Å². The van der Waals surface area contributed by atoms with Gasteiger partial charge in [0.25, 0.3) is 0 Å². The zero-order valence-corrected chi connectivity index (χ0v) is 10.8. The van der Waals surface area contributed by atoms with Gasteiger partial charge in [0.1, 0.15) is 0 Å². The number of hydrogen-bond donors (Lipinski definition) is 1. The van der Waals surface area contributed by atoms with E-state index in [-0.39, 0.29) is 12.3 Å². The number of halogens is 3. The van der Waals surface area contributed by atoms with Crippen molar-refractivity contribution in [1.82, 2.24) is 15.5 Å². The van der Waals surface area contributed by atoms with Gasteiger partial charge in [-0.05, 0) is 19.4 Å². The second-order valence-electron chi connectivity index (χ2n) is 4.85. The van der Waals surface area contributed by atoms with Gasteiger partial charge < -0.3 is 9.73 Å². The third-order valence-corrected chi connectivity index (χ3v) is 3.51. The minimum atomic E-state index is -4.19. The number of aromatic nitrogens is 2. The van der Waals surface area contributed by atoms with Gasteiger partial charge in [0, 0.05) is 5.92 Å². The molecule has 4 nitrogen and oxygen atoms in total. The fourth-order valence-electron chi connectivity index (χ4n) is 2.54. The van der Waals surface area contributed by atoms with Crippen molar-refractivity contribution in [2.24, 2.45) is 5.92 Å². The van der Waals surface area contributed by atoms with Crippen LogP contribution in [0.5, 0.6) is 0 Å². The van der Waals surface area contributed by atoms with Crippen LogP contribution in [0.25, 0.3) is 0 Å². The zero-order chi connectivity index (χ0) is 13.9. The minimum absolute atomic E-state index is 0.134. The molecule has 1 heterocycles. The van der Waals surface area contributed by atoms with Crippen molar-refractivity contribution in [1.29, 1.82) is 0 Å². The number of nitrogens with one attached hydrogen (secondary N) is 1. The Morgan fingerprint density at radius 2 is 2.00 bits per heavy atom. The molecule has 1 aliphatic rings. The third kappa shape index (κ3) is 3.46. The van der Waals surface area contributed by atoms with Gasteiger partial charge in [-0.2, -0.15) is 13.2 Å². The largest absolute Gasteiger partial charge is 0.424 e. The molecule has 108 valence electrons. The summed E-state index contributed by atoms with van der Waals surface area (Å²) in [5, 5.41) is 10.6. The van der Waals surface area contributed by atoms with Crippen LogP contribution in [-0.4, -0.2) is 22.9 Å². The molecule has 2 atom stereocenters. The van der Waals surface area contributed by atoms with Gasteiger partial charge in [-0.1, -0.05) is 19.8 Å². The van der Waals surface area contributed by atoms with Crippen LogP contribution >= 0.6 is 0 Å². The first-order valence-corrected chi connectivity index (χ1v) is 6.62. The summed E-state index contributed by atoms with van der Waals surface area (Å²) >= 11 is 0. The van der Waals surface area contributed by atoms with Crippen LogP contribution in [0.3, 0.4) is 0 Å². The molecule has 0 aliphatic heterocycles. The maximum Gasteiger partial charge on any atom is 0.392 e. The Morgan fingerprint density at radius 3 is 2.68 bits per heavy atom. The van der Waals surface area contributed by atoms with E-state index in [1.807, 2.05) is 6.92 Å². The van der Waals surface area contributed by atoms with E-state index in [4.69, 9.17) is 4.42 Å². The topological polar surface area (TPSA) is 51.0 Å². The highest BCUT2D eigenvalue weighted by molar-refractivity contribution is 4.99. The van der Waals surface area contributed by atoms with Crippen LogP contribution in [0.2, 0.25) is 0 Å². The van der Waals surface area contributed by atoms with Crippen molar-refractivity contribution in [3.63, 3.8) is 0 Å². The van der Waals surface area contributed by atoms with Crippen molar-refractivity contribution in [3.8, 4) is 0 Å². The molecule has 0 amide bonds. The van der Waals surface area contributed by atoms with Crippen molar-refractivity contribution >= 4 is 0 Å². The molecule has 0 radical (unpaired) electrons. The summed E-state index contributed by atoms with van der Waals surface area (Å²) in [6.07, 6.45) is -2.19. The van der Waals surface area contributed by atoms with Crippen molar-refractivity contribution in [2.45, 2.75) is 51.2 Å². The molecule has 2 rings (SSSR count). The van der Waals surface area contributed by atoms with E-state index < -0.39 is 18.0 Å². The van der Waals surface area contributed by atoms with Crippen LogP contribution in [0.15, 0.2) is 4.42 Å². The van der Waals surface area contributed by atoms with E-state index in [1.54, 1.807) is 0 Å². The van der Waals surface area contributed by atoms with Crippen molar-refractivity contribution in [3.05, 3.63) is 11.8 Å². The molecular weight excluding hydrogens is 259 g/mol. The van der Waals surface area contributed by atoms with E-state index in [0.29, 0.717) is 25.3 Å². The Bertz CT molecular complexity index is 405. The lowest BCUT2D eigenvalue weighted by Gasteiger charge is -2.30. The van der Waals surface area contributed by atoms with Crippen LogP contribution in [0.4, 0.5) is 13.2 Å². The van der Waals surface area contributed by atoms with Gasteiger partial charge in [0.05, 0.1) is 12.5 Å². The Hall–Kier alpha value is -1.11. The average molecular weight is 277 g/mol. The lowest BCUT2D eigenvalue weighted by atomic mass is 9.79. The summed E-state index contributed by atoms with van der Waals surface area (Å²) in [4.78, 5) is 0. The lowest BCUT2D eigenvalue weighted by molar-refractivity contribution is -0.188. The molecule has 0 aromatic carbocycles. The molecule has 19 heavy (non-hydrogen) atoms. The van der Waals surface area contributed by atoms with E-state index in [2.05, 4.69) is 15.5 Å². The fraction of sp³-hybridized carbons (Fsp3) is 0.833. The highest BCUT2D eigenvalue weighted by Crippen LogP contribution is 2.45. The van der Waals surface area contributed by atoms with E-state index in [9.17, 15) is 13.2 Å². The molecule has 1 aliphatic carbocycles. The summed E-state index contributed by atoms with van der Waals surface area (Å²) in [5.74, 6) is -1.55. The van der Waals surface area contributed by atoms with Crippen molar-refractivity contribution < 1.29 is 17.6 Å². The first kappa shape index (κ1) is 14.3. The van der Waals surface area contributed by atoms with Gasteiger partial charge in [-0.15, -0.1) is 10.2 Å². The average Bonchev–Trinajstić information content (AvgIpc) is 2.84. The Labute approximate surface area is 109 Å². The third-order valence-electron chi connectivity index (χ3n) is 3.51. The summed E-state index contributed by atoms with van der Waals surface area (Å²) in [7, 11) is 0. The molecule has 2 unspecified atom stereocenters. The van der Waals surface area contributed by atoms with Crippen LogP contribution in [0, 0.1) is 5.92 Å². The zero-order valence-electron chi connectivity index (χ0n) is 10.8. The van der Waals surface area contributed by atoms with Crippen LogP contribution < -0.4 is 5.32 Å². The van der Waals surface area contributed by atoms with Gasteiger partial charge in [-0.3, -0.25) is 0 Å².